The summed E-state index contributed by atoms with van der Waals surface area (Å²) < 4.78 is 5.46. The Morgan fingerprint density at radius 3 is 2.94 bits per heavy atom. The highest BCUT2D eigenvalue weighted by Gasteiger charge is 2.26. The molecule has 1 aliphatic carbocycles. The van der Waals surface area contributed by atoms with Gasteiger partial charge < -0.3 is 15.6 Å². The summed E-state index contributed by atoms with van der Waals surface area (Å²) in [5, 5.41) is 10.1. The van der Waals surface area contributed by atoms with Gasteiger partial charge in [-0.3, -0.25) is 0 Å². The second-order valence-electron chi connectivity index (χ2n) is 4.29. The van der Waals surface area contributed by atoms with E-state index in [0.717, 1.165) is 35.6 Å². The number of ether oxygens (including phenoxy) is 1. The van der Waals surface area contributed by atoms with E-state index in [4.69, 9.17) is 10.5 Å². The van der Waals surface area contributed by atoms with Gasteiger partial charge in [0.2, 0.25) is 0 Å². The van der Waals surface area contributed by atoms with Crippen molar-refractivity contribution < 1.29 is 9.84 Å². The SMILES string of the molecule is CCOc1ccc(N)c(SC2CCCC2O)c1. The predicted octanol–water partition coefficient (Wildman–Crippen LogP) is 2.67. The Hall–Kier alpha value is -0.870. The summed E-state index contributed by atoms with van der Waals surface area (Å²) in [5.41, 5.74) is 6.71. The Kier molecular flexibility index (Phi) is 4.18. The first-order valence-electron chi connectivity index (χ1n) is 6.07. The van der Waals surface area contributed by atoms with E-state index >= 15 is 0 Å². The summed E-state index contributed by atoms with van der Waals surface area (Å²) in [6, 6.07) is 5.72. The molecule has 0 aromatic heterocycles. The molecule has 0 amide bonds. The Morgan fingerprint density at radius 1 is 1.47 bits per heavy atom. The average molecular weight is 253 g/mol. The highest BCUT2D eigenvalue weighted by Crippen LogP contribution is 2.38. The van der Waals surface area contributed by atoms with E-state index in [1.54, 1.807) is 11.8 Å². The minimum atomic E-state index is -0.199. The van der Waals surface area contributed by atoms with Crippen LogP contribution in [0.25, 0.3) is 0 Å². The zero-order valence-corrected chi connectivity index (χ0v) is 10.9. The van der Waals surface area contributed by atoms with E-state index in [1.165, 1.54) is 0 Å². The second kappa shape index (κ2) is 5.65. The smallest absolute Gasteiger partial charge is 0.120 e. The number of rotatable bonds is 4. The minimum Gasteiger partial charge on any atom is -0.494 e. The van der Waals surface area contributed by atoms with Gasteiger partial charge in [0, 0.05) is 15.8 Å². The van der Waals surface area contributed by atoms with Gasteiger partial charge in [-0.15, -0.1) is 11.8 Å². The molecule has 0 radical (unpaired) electrons. The third-order valence-corrected chi connectivity index (χ3v) is 4.45. The Balaban J connectivity index is 2.10. The van der Waals surface area contributed by atoms with Crippen molar-refractivity contribution in [3.8, 4) is 5.75 Å². The highest BCUT2D eigenvalue weighted by molar-refractivity contribution is 8.00. The lowest BCUT2D eigenvalue weighted by Crippen LogP contribution is -2.15. The van der Waals surface area contributed by atoms with Crippen molar-refractivity contribution in [2.45, 2.75) is 42.4 Å². The van der Waals surface area contributed by atoms with Gasteiger partial charge >= 0.3 is 0 Å². The zero-order valence-electron chi connectivity index (χ0n) is 10.1. The van der Waals surface area contributed by atoms with Crippen molar-refractivity contribution in [3.05, 3.63) is 18.2 Å². The van der Waals surface area contributed by atoms with E-state index in [-0.39, 0.29) is 11.4 Å². The Bertz CT molecular complexity index is 384. The van der Waals surface area contributed by atoms with Crippen LogP contribution in [0, 0.1) is 0 Å². The summed E-state index contributed by atoms with van der Waals surface area (Å²) >= 11 is 1.67. The fourth-order valence-electron chi connectivity index (χ4n) is 2.08. The van der Waals surface area contributed by atoms with Crippen LogP contribution in [-0.4, -0.2) is 23.1 Å². The van der Waals surface area contributed by atoms with E-state index in [1.807, 2.05) is 25.1 Å². The maximum atomic E-state index is 9.82. The van der Waals surface area contributed by atoms with Gasteiger partial charge in [0.15, 0.2) is 0 Å². The topological polar surface area (TPSA) is 55.5 Å². The molecule has 0 spiro atoms. The van der Waals surface area contributed by atoms with Crippen molar-refractivity contribution in [2.75, 3.05) is 12.3 Å². The first-order chi connectivity index (χ1) is 8.20. The van der Waals surface area contributed by atoms with Gasteiger partial charge in [-0.1, -0.05) is 0 Å². The molecule has 2 rings (SSSR count). The molecule has 4 heteroatoms. The molecule has 1 fully saturated rings. The van der Waals surface area contributed by atoms with Crippen LogP contribution in [0.2, 0.25) is 0 Å². The van der Waals surface area contributed by atoms with Gasteiger partial charge in [0.1, 0.15) is 5.75 Å². The van der Waals surface area contributed by atoms with Gasteiger partial charge in [-0.2, -0.15) is 0 Å². The minimum absolute atomic E-state index is 0.199. The summed E-state index contributed by atoms with van der Waals surface area (Å²) in [5.74, 6) is 0.844. The fourth-order valence-corrected chi connectivity index (χ4v) is 3.37. The lowest BCUT2D eigenvalue weighted by molar-refractivity contribution is 0.188. The average Bonchev–Trinajstić information content (AvgIpc) is 2.70. The first-order valence-corrected chi connectivity index (χ1v) is 6.95. The van der Waals surface area contributed by atoms with Crippen molar-refractivity contribution in [3.63, 3.8) is 0 Å². The molecule has 1 aliphatic rings. The third kappa shape index (κ3) is 3.07. The van der Waals surface area contributed by atoms with Crippen LogP contribution in [0.1, 0.15) is 26.2 Å². The maximum Gasteiger partial charge on any atom is 0.120 e. The summed E-state index contributed by atoms with van der Waals surface area (Å²) in [4.78, 5) is 1.02. The number of aliphatic hydroxyl groups is 1. The quantitative estimate of drug-likeness (QED) is 0.810. The van der Waals surface area contributed by atoms with E-state index < -0.39 is 0 Å². The molecule has 3 nitrogen and oxygen atoms in total. The maximum absolute atomic E-state index is 9.82. The molecule has 0 heterocycles. The molecule has 0 aliphatic heterocycles. The van der Waals surface area contributed by atoms with E-state index in [2.05, 4.69) is 0 Å². The number of anilines is 1. The number of nitrogens with two attached hydrogens (primary N) is 1. The van der Waals surface area contributed by atoms with Crippen molar-refractivity contribution in [2.24, 2.45) is 0 Å². The van der Waals surface area contributed by atoms with Crippen molar-refractivity contribution >= 4 is 17.4 Å². The molecule has 17 heavy (non-hydrogen) atoms. The van der Waals surface area contributed by atoms with Gasteiger partial charge in [-0.25, -0.2) is 0 Å². The molecular formula is C13H19NO2S. The predicted molar refractivity (Wildman–Crippen MR) is 71.5 cm³/mol. The lowest BCUT2D eigenvalue weighted by atomic mass is 10.3. The van der Waals surface area contributed by atoms with E-state index in [9.17, 15) is 5.11 Å². The molecule has 1 aromatic carbocycles. The number of thioether (sulfide) groups is 1. The largest absolute Gasteiger partial charge is 0.494 e. The van der Waals surface area contributed by atoms with Crippen LogP contribution in [-0.2, 0) is 0 Å². The molecule has 94 valence electrons. The molecule has 2 atom stereocenters. The van der Waals surface area contributed by atoms with Crippen molar-refractivity contribution in [1.82, 2.24) is 0 Å². The monoisotopic (exact) mass is 253 g/mol. The Morgan fingerprint density at radius 2 is 2.29 bits per heavy atom. The van der Waals surface area contributed by atoms with Gasteiger partial charge in [-0.05, 0) is 44.4 Å². The number of hydrogen-bond acceptors (Lipinski definition) is 4. The van der Waals surface area contributed by atoms with Gasteiger partial charge in [0.05, 0.1) is 12.7 Å². The number of benzene rings is 1. The third-order valence-electron chi connectivity index (χ3n) is 2.99. The Labute approximate surface area is 106 Å². The normalized spacial score (nSPS) is 23.9. The molecule has 1 saturated carbocycles. The zero-order chi connectivity index (χ0) is 12.3. The molecule has 0 bridgehead atoms. The van der Waals surface area contributed by atoms with Crippen LogP contribution in [0.15, 0.2) is 23.1 Å². The first kappa shape index (κ1) is 12.6. The molecular weight excluding hydrogens is 234 g/mol. The molecule has 1 aromatic rings. The second-order valence-corrected chi connectivity index (χ2v) is 5.57. The summed E-state index contributed by atoms with van der Waals surface area (Å²) in [6.07, 6.45) is 2.87. The van der Waals surface area contributed by atoms with Crippen LogP contribution in [0.4, 0.5) is 5.69 Å². The van der Waals surface area contributed by atoms with Crippen LogP contribution in [0.3, 0.4) is 0 Å². The molecule has 0 saturated heterocycles. The molecule has 3 N–H and O–H groups in total. The number of nitrogen functional groups attached to an aromatic ring is 1. The van der Waals surface area contributed by atoms with Crippen molar-refractivity contribution in [1.29, 1.82) is 0 Å². The standard InChI is InChI=1S/C13H19NO2S/c1-2-16-9-6-7-10(14)13(8-9)17-12-5-3-4-11(12)15/h6-8,11-12,15H,2-5,14H2,1H3. The molecule has 2 unspecified atom stereocenters. The van der Waals surface area contributed by atoms with Crippen LogP contribution in [0.5, 0.6) is 5.75 Å². The summed E-state index contributed by atoms with van der Waals surface area (Å²) in [7, 11) is 0. The summed E-state index contributed by atoms with van der Waals surface area (Å²) in [6.45, 7) is 2.62. The van der Waals surface area contributed by atoms with E-state index in [0.29, 0.717) is 6.61 Å². The fraction of sp³-hybridized carbons (Fsp3) is 0.538. The lowest BCUT2D eigenvalue weighted by Gasteiger charge is -2.16. The van der Waals surface area contributed by atoms with Crippen LogP contribution >= 0.6 is 11.8 Å². The number of aliphatic hydroxyl groups excluding tert-OH is 1. The highest BCUT2D eigenvalue weighted by atomic mass is 32.2. The van der Waals surface area contributed by atoms with Crippen LogP contribution < -0.4 is 10.5 Å². The number of hydrogen-bond donors (Lipinski definition) is 2. The van der Waals surface area contributed by atoms with Gasteiger partial charge in [0.25, 0.3) is 0 Å².